The van der Waals surface area contributed by atoms with E-state index in [2.05, 4.69) is 20.6 Å². The number of hydrogen-bond donors (Lipinski definition) is 2. The minimum atomic E-state index is -4.47. The normalized spacial score (nSPS) is 12.0. The summed E-state index contributed by atoms with van der Waals surface area (Å²) in [5.41, 5.74) is 0.366. The monoisotopic (exact) mass is 518 g/mol. The van der Waals surface area contributed by atoms with Gasteiger partial charge in [-0.3, -0.25) is 14.6 Å². The van der Waals surface area contributed by atoms with Crippen LogP contribution < -0.4 is 10.6 Å². The number of benzene rings is 2. The molecule has 0 saturated carbocycles. The van der Waals surface area contributed by atoms with Crippen molar-refractivity contribution >= 4 is 40.4 Å². The number of hydrogen-bond acceptors (Lipinski definition) is 8. The van der Waals surface area contributed by atoms with Crippen LogP contribution in [-0.4, -0.2) is 47.1 Å². The Morgan fingerprint density at radius 2 is 1.68 bits per heavy atom. The summed E-state index contributed by atoms with van der Waals surface area (Å²) in [6.45, 7) is 3.62. The molecule has 3 rings (SSSR count). The highest BCUT2D eigenvalue weighted by atomic mass is 19.4. The van der Waals surface area contributed by atoms with Gasteiger partial charge in [0.1, 0.15) is 11.9 Å². The first-order valence-corrected chi connectivity index (χ1v) is 11.4. The smallest absolute Gasteiger partial charge is 0.416 e. The third-order valence-electron chi connectivity index (χ3n) is 5.11. The van der Waals surface area contributed by atoms with Crippen LogP contribution in [-0.2, 0) is 25.2 Å². The number of alkyl halides is 3. The highest BCUT2D eigenvalue weighted by Gasteiger charge is 2.30. The number of ether oxygens (including phenoxy) is 2. The van der Waals surface area contributed by atoms with E-state index in [9.17, 15) is 27.6 Å². The average molecular weight is 518 g/mol. The fourth-order valence-corrected chi connectivity index (χ4v) is 3.33. The van der Waals surface area contributed by atoms with E-state index < -0.39 is 35.6 Å². The lowest BCUT2D eigenvalue weighted by atomic mass is 10.1. The Morgan fingerprint density at radius 1 is 0.973 bits per heavy atom. The minimum Gasteiger partial charge on any atom is -0.466 e. The molecule has 0 aliphatic rings. The molecule has 1 aromatic heterocycles. The second kappa shape index (κ2) is 12.2. The highest BCUT2D eigenvalue weighted by Crippen LogP contribution is 2.31. The Labute approximate surface area is 210 Å². The van der Waals surface area contributed by atoms with Crippen LogP contribution >= 0.6 is 0 Å². The van der Waals surface area contributed by atoms with Crippen molar-refractivity contribution in [1.29, 1.82) is 0 Å². The van der Waals surface area contributed by atoms with Crippen molar-refractivity contribution < 1.29 is 37.0 Å². The van der Waals surface area contributed by atoms with Gasteiger partial charge in [-0.1, -0.05) is 0 Å². The maximum Gasteiger partial charge on any atom is 0.416 e. The van der Waals surface area contributed by atoms with Crippen LogP contribution in [0.3, 0.4) is 0 Å². The number of amides is 1. The summed E-state index contributed by atoms with van der Waals surface area (Å²) in [7, 11) is 0. The first kappa shape index (κ1) is 27.4. The van der Waals surface area contributed by atoms with Gasteiger partial charge in [0.05, 0.1) is 36.0 Å². The summed E-state index contributed by atoms with van der Waals surface area (Å²) >= 11 is 0. The molecule has 0 aliphatic carbocycles. The summed E-state index contributed by atoms with van der Waals surface area (Å²) in [4.78, 5) is 44.9. The van der Waals surface area contributed by atoms with E-state index in [1.165, 1.54) is 24.4 Å². The number of rotatable bonds is 10. The molecule has 0 bridgehead atoms. The van der Waals surface area contributed by atoms with Gasteiger partial charge in [-0.15, -0.1) is 0 Å². The molecule has 0 fully saturated rings. The number of carbonyl (C=O) groups excluding carboxylic acids is 3. The lowest BCUT2D eigenvalue weighted by Crippen LogP contribution is -2.42. The summed E-state index contributed by atoms with van der Waals surface area (Å²) < 4.78 is 48.5. The van der Waals surface area contributed by atoms with Gasteiger partial charge in [-0.2, -0.15) is 13.2 Å². The molecule has 2 N–H and O–H groups in total. The molecule has 1 amide bonds. The molecule has 1 atom stereocenters. The molecule has 196 valence electrons. The molecule has 3 aromatic rings. The third kappa shape index (κ3) is 7.63. The molecule has 0 radical (unpaired) electrons. The predicted octanol–water partition coefficient (Wildman–Crippen LogP) is 4.40. The van der Waals surface area contributed by atoms with Crippen molar-refractivity contribution in [2.24, 2.45) is 0 Å². The van der Waals surface area contributed by atoms with Gasteiger partial charge in [0.15, 0.2) is 0 Å². The van der Waals surface area contributed by atoms with E-state index in [4.69, 9.17) is 9.47 Å². The van der Waals surface area contributed by atoms with E-state index in [0.29, 0.717) is 11.5 Å². The van der Waals surface area contributed by atoms with Crippen molar-refractivity contribution in [3.8, 4) is 0 Å². The van der Waals surface area contributed by atoms with Gasteiger partial charge in [-0.05, 0) is 62.7 Å². The van der Waals surface area contributed by atoms with Gasteiger partial charge in [-0.25, -0.2) is 9.78 Å². The fraction of sp³-hybridized carbons (Fsp3) is 0.320. The molecule has 0 saturated heterocycles. The van der Waals surface area contributed by atoms with E-state index in [0.717, 1.165) is 12.1 Å². The minimum absolute atomic E-state index is 0.0220. The summed E-state index contributed by atoms with van der Waals surface area (Å²) in [6, 6.07) is 8.27. The van der Waals surface area contributed by atoms with E-state index in [1.54, 1.807) is 26.0 Å². The molecular weight excluding hydrogens is 493 g/mol. The van der Waals surface area contributed by atoms with Gasteiger partial charge in [0.2, 0.25) is 0 Å². The molecule has 1 heterocycles. The first-order chi connectivity index (χ1) is 17.6. The molecule has 2 aromatic carbocycles. The summed E-state index contributed by atoms with van der Waals surface area (Å²) in [5, 5.41) is 5.55. The second-order valence-corrected chi connectivity index (χ2v) is 7.78. The Balaban J connectivity index is 1.66. The first-order valence-electron chi connectivity index (χ1n) is 11.4. The summed E-state index contributed by atoms with van der Waals surface area (Å²) in [5.74, 6) is -1.39. The molecular formula is C25H25F3N4O5. The number of carbonyl (C=O) groups is 3. The molecule has 0 aliphatic heterocycles. The van der Waals surface area contributed by atoms with Gasteiger partial charge in [0.25, 0.3) is 5.91 Å². The van der Waals surface area contributed by atoms with Crippen LogP contribution in [0.4, 0.5) is 24.7 Å². The molecule has 12 heteroatoms. The topological polar surface area (TPSA) is 120 Å². The average Bonchev–Trinajstić information content (AvgIpc) is 2.86. The Kier molecular flexibility index (Phi) is 8.99. The van der Waals surface area contributed by atoms with E-state index in [-0.39, 0.29) is 42.7 Å². The predicted molar refractivity (Wildman–Crippen MR) is 128 cm³/mol. The fourth-order valence-electron chi connectivity index (χ4n) is 3.33. The second-order valence-electron chi connectivity index (χ2n) is 7.78. The van der Waals surface area contributed by atoms with Crippen molar-refractivity contribution in [2.45, 2.75) is 38.9 Å². The largest absolute Gasteiger partial charge is 0.466 e. The van der Waals surface area contributed by atoms with E-state index in [1.807, 2.05) is 0 Å². The standard InChI is InChI=1S/C25H25F3N4O5/c1-3-36-22(33)12-11-19(24(35)37-4-2)32-23(34)15-5-8-17(9-6-15)30-21-14-29-20-13-16(25(26,27)28)7-10-18(20)31-21/h5-10,13-14,19H,3-4,11-12H2,1-2H3,(H,30,31)(H,32,34)/t19-/m1/s1. The maximum absolute atomic E-state index is 12.9. The SMILES string of the molecule is CCOC(=O)CC[C@@H](NC(=O)c1ccc(Nc2cnc3cc(C(F)(F)F)ccc3n2)cc1)C(=O)OCC. The van der Waals surface area contributed by atoms with E-state index >= 15 is 0 Å². The zero-order valence-corrected chi connectivity index (χ0v) is 20.1. The van der Waals surface area contributed by atoms with Crippen LogP contribution in [0, 0.1) is 0 Å². The number of aromatic nitrogens is 2. The third-order valence-corrected chi connectivity index (χ3v) is 5.11. The van der Waals surface area contributed by atoms with Crippen LogP contribution in [0.2, 0.25) is 0 Å². The Morgan fingerprint density at radius 3 is 2.32 bits per heavy atom. The van der Waals surface area contributed by atoms with Crippen LogP contribution in [0.5, 0.6) is 0 Å². The molecule has 37 heavy (non-hydrogen) atoms. The highest BCUT2D eigenvalue weighted by molar-refractivity contribution is 5.97. The van der Waals surface area contributed by atoms with Crippen LogP contribution in [0.1, 0.15) is 42.6 Å². The van der Waals surface area contributed by atoms with Crippen LogP contribution in [0.25, 0.3) is 11.0 Å². The lowest BCUT2D eigenvalue weighted by Gasteiger charge is -2.17. The van der Waals surface area contributed by atoms with Crippen molar-refractivity contribution in [3.05, 3.63) is 59.8 Å². The lowest BCUT2D eigenvalue weighted by molar-refractivity contribution is -0.147. The van der Waals surface area contributed by atoms with Crippen molar-refractivity contribution in [3.63, 3.8) is 0 Å². The number of fused-ring (bicyclic) bond motifs is 1. The maximum atomic E-state index is 12.9. The molecule has 9 nitrogen and oxygen atoms in total. The van der Waals surface area contributed by atoms with Crippen molar-refractivity contribution in [2.75, 3.05) is 18.5 Å². The zero-order valence-electron chi connectivity index (χ0n) is 20.1. The zero-order chi connectivity index (χ0) is 27.0. The molecule has 0 spiro atoms. The number of halogens is 3. The number of esters is 2. The van der Waals surface area contributed by atoms with Crippen LogP contribution in [0.15, 0.2) is 48.7 Å². The Hall–Kier alpha value is -4.22. The Bertz CT molecular complexity index is 1270. The number of anilines is 2. The van der Waals surface area contributed by atoms with Gasteiger partial charge in [0, 0.05) is 17.7 Å². The quantitative estimate of drug-likeness (QED) is 0.379. The summed E-state index contributed by atoms with van der Waals surface area (Å²) in [6.07, 6.45) is -3.21. The van der Waals surface area contributed by atoms with Gasteiger partial charge >= 0.3 is 18.1 Å². The van der Waals surface area contributed by atoms with Gasteiger partial charge < -0.3 is 20.1 Å². The number of nitrogens with zero attached hydrogens (tertiary/aromatic N) is 2. The van der Waals surface area contributed by atoms with Crippen molar-refractivity contribution in [1.82, 2.24) is 15.3 Å². The number of nitrogens with one attached hydrogen (secondary N) is 2. The molecule has 0 unspecified atom stereocenters.